The number of nitrogens with one attached hydrogen (secondary N) is 1. The van der Waals surface area contributed by atoms with Crippen LogP contribution in [0.3, 0.4) is 0 Å². The summed E-state index contributed by atoms with van der Waals surface area (Å²) in [5.74, 6) is -1.00. The molecule has 1 N–H and O–H groups in total. The van der Waals surface area contributed by atoms with E-state index in [1.165, 1.54) is 0 Å². The molecule has 0 amide bonds. The lowest BCUT2D eigenvalue weighted by Crippen LogP contribution is -2.49. The summed E-state index contributed by atoms with van der Waals surface area (Å²) in [5, 5.41) is 38.5. The van der Waals surface area contributed by atoms with Crippen molar-refractivity contribution in [3.05, 3.63) is 46.5 Å². The summed E-state index contributed by atoms with van der Waals surface area (Å²) < 4.78 is 0. The Morgan fingerprint density at radius 1 is 1.24 bits per heavy atom. The smallest absolute Gasteiger partial charge is 0.189 e. The zero-order valence-electron chi connectivity index (χ0n) is 13.8. The van der Waals surface area contributed by atoms with Crippen molar-refractivity contribution in [2.24, 2.45) is 23.2 Å². The van der Waals surface area contributed by atoms with E-state index in [-0.39, 0.29) is 11.6 Å². The fourth-order valence-electron chi connectivity index (χ4n) is 4.28. The van der Waals surface area contributed by atoms with Crippen molar-refractivity contribution in [2.45, 2.75) is 25.7 Å². The SMILES string of the molecule is C[C@H]1CC=C2C(C#N)C(=N)C(C#N)(C#N)[C@@H](c3cccc(Cl)c3)[C@H]2C1. The maximum absolute atomic E-state index is 9.91. The zero-order valence-corrected chi connectivity index (χ0v) is 14.6. The normalized spacial score (nSPS) is 30.2. The number of halogens is 1. The monoisotopic (exact) mass is 348 g/mol. The average Bonchev–Trinajstić information content (AvgIpc) is 2.61. The summed E-state index contributed by atoms with van der Waals surface area (Å²) in [4.78, 5) is 0. The van der Waals surface area contributed by atoms with Crippen LogP contribution in [0.4, 0.5) is 0 Å². The molecular formula is C20H17ClN4. The number of allylic oxidation sites excluding steroid dienone is 2. The minimum Gasteiger partial charge on any atom is -0.305 e. The van der Waals surface area contributed by atoms with E-state index in [1.54, 1.807) is 18.2 Å². The molecule has 25 heavy (non-hydrogen) atoms. The van der Waals surface area contributed by atoms with E-state index in [0.29, 0.717) is 10.9 Å². The van der Waals surface area contributed by atoms with Gasteiger partial charge in [0.15, 0.2) is 5.41 Å². The van der Waals surface area contributed by atoms with E-state index >= 15 is 0 Å². The number of hydrogen-bond acceptors (Lipinski definition) is 4. The lowest BCUT2D eigenvalue weighted by molar-refractivity contribution is 0.283. The molecule has 4 nitrogen and oxygen atoms in total. The zero-order chi connectivity index (χ0) is 18.2. The third kappa shape index (κ3) is 2.53. The van der Waals surface area contributed by atoms with Crippen LogP contribution in [-0.2, 0) is 0 Å². The van der Waals surface area contributed by atoms with E-state index in [0.717, 1.165) is 24.0 Å². The van der Waals surface area contributed by atoms with E-state index in [4.69, 9.17) is 17.0 Å². The quantitative estimate of drug-likeness (QED) is 0.751. The van der Waals surface area contributed by atoms with Gasteiger partial charge in [-0.25, -0.2) is 0 Å². The Morgan fingerprint density at radius 3 is 2.56 bits per heavy atom. The molecule has 4 atom stereocenters. The van der Waals surface area contributed by atoms with Gasteiger partial charge in [0.1, 0.15) is 5.92 Å². The molecule has 124 valence electrons. The Hall–Kier alpha value is -2.61. The fraction of sp³-hybridized carbons (Fsp3) is 0.400. The molecule has 0 heterocycles. The summed E-state index contributed by atoms with van der Waals surface area (Å²) in [6, 6.07) is 13.5. The molecule has 1 unspecified atom stereocenters. The summed E-state index contributed by atoms with van der Waals surface area (Å²) in [6.45, 7) is 2.13. The lowest BCUT2D eigenvalue weighted by atomic mass is 9.52. The molecule has 0 aliphatic heterocycles. The molecule has 1 fully saturated rings. The molecule has 0 bridgehead atoms. The molecule has 2 aliphatic carbocycles. The Labute approximate surface area is 152 Å². The Morgan fingerprint density at radius 2 is 1.96 bits per heavy atom. The van der Waals surface area contributed by atoms with E-state index in [2.05, 4.69) is 25.1 Å². The highest BCUT2D eigenvalue weighted by molar-refractivity contribution is 6.30. The summed E-state index contributed by atoms with van der Waals surface area (Å²) in [7, 11) is 0. The van der Waals surface area contributed by atoms with Crippen LogP contribution in [0.25, 0.3) is 0 Å². The van der Waals surface area contributed by atoms with Crippen molar-refractivity contribution in [2.75, 3.05) is 0 Å². The molecule has 2 aliphatic rings. The maximum atomic E-state index is 9.91. The molecule has 0 radical (unpaired) electrons. The summed E-state index contributed by atoms with van der Waals surface area (Å²) in [5.41, 5.74) is -0.0927. The van der Waals surface area contributed by atoms with Crippen LogP contribution in [-0.4, -0.2) is 5.71 Å². The van der Waals surface area contributed by atoms with Gasteiger partial charge >= 0.3 is 0 Å². The molecule has 1 aromatic carbocycles. The van der Waals surface area contributed by atoms with Gasteiger partial charge in [0, 0.05) is 10.9 Å². The molecule has 3 rings (SSSR count). The highest BCUT2D eigenvalue weighted by atomic mass is 35.5. The van der Waals surface area contributed by atoms with Crippen molar-refractivity contribution in [1.29, 1.82) is 21.2 Å². The van der Waals surface area contributed by atoms with E-state index in [1.807, 2.05) is 12.1 Å². The van der Waals surface area contributed by atoms with Crippen LogP contribution in [0.1, 0.15) is 31.2 Å². The lowest BCUT2D eigenvalue weighted by Gasteiger charge is -2.46. The number of rotatable bonds is 1. The first kappa shape index (κ1) is 17.2. The van der Waals surface area contributed by atoms with Crippen LogP contribution in [0.15, 0.2) is 35.9 Å². The maximum Gasteiger partial charge on any atom is 0.189 e. The molecule has 1 saturated carbocycles. The van der Waals surface area contributed by atoms with Gasteiger partial charge in [-0.15, -0.1) is 0 Å². The summed E-state index contributed by atoms with van der Waals surface area (Å²) in [6.07, 6.45) is 3.68. The van der Waals surface area contributed by atoms with E-state index < -0.39 is 17.3 Å². The molecule has 0 spiro atoms. The molecular weight excluding hydrogens is 332 g/mol. The predicted molar refractivity (Wildman–Crippen MR) is 94.7 cm³/mol. The van der Waals surface area contributed by atoms with Crippen LogP contribution < -0.4 is 0 Å². The van der Waals surface area contributed by atoms with Crippen molar-refractivity contribution >= 4 is 17.3 Å². The van der Waals surface area contributed by atoms with Gasteiger partial charge in [-0.1, -0.05) is 36.7 Å². The number of fused-ring (bicyclic) bond motifs is 1. The first-order valence-corrected chi connectivity index (χ1v) is 8.62. The molecule has 0 saturated heterocycles. The highest BCUT2D eigenvalue weighted by Crippen LogP contribution is 2.55. The largest absolute Gasteiger partial charge is 0.305 e. The van der Waals surface area contributed by atoms with Crippen molar-refractivity contribution in [3.63, 3.8) is 0 Å². The predicted octanol–water partition coefficient (Wildman–Crippen LogP) is 4.60. The van der Waals surface area contributed by atoms with Gasteiger partial charge in [-0.3, -0.25) is 0 Å². The van der Waals surface area contributed by atoms with Crippen LogP contribution >= 0.6 is 11.6 Å². The second-order valence-electron chi connectivity index (χ2n) is 6.93. The third-order valence-corrected chi connectivity index (χ3v) is 5.68. The van der Waals surface area contributed by atoms with Gasteiger partial charge in [0.05, 0.1) is 23.9 Å². The molecule has 5 heteroatoms. The average molecular weight is 349 g/mol. The van der Waals surface area contributed by atoms with Gasteiger partial charge in [0.2, 0.25) is 0 Å². The van der Waals surface area contributed by atoms with E-state index in [9.17, 15) is 15.8 Å². The fourth-order valence-corrected chi connectivity index (χ4v) is 4.48. The van der Waals surface area contributed by atoms with Gasteiger partial charge < -0.3 is 5.41 Å². The Balaban J connectivity index is 2.28. The summed E-state index contributed by atoms with van der Waals surface area (Å²) >= 11 is 6.15. The van der Waals surface area contributed by atoms with Crippen LogP contribution in [0.5, 0.6) is 0 Å². The minimum absolute atomic E-state index is 0.109. The van der Waals surface area contributed by atoms with Crippen molar-refractivity contribution in [3.8, 4) is 18.2 Å². The second-order valence-corrected chi connectivity index (χ2v) is 7.36. The molecule has 1 aromatic rings. The Bertz CT molecular complexity index is 866. The first-order chi connectivity index (χ1) is 12.0. The van der Waals surface area contributed by atoms with Gasteiger partial charge in [-0.2, -0.15) is 15.8 Å². The van der Waals surface area contributed by atoms with Crippen molar-refractivity contribution < 1.29 is 0 Å². The van der Waals surface area contributed by atoms with Crippen LogP contribution in [0.2, 0.25) is 5.02 Å². The van der Waals surface area contributed by atoms with Crippen molar-refractivity contribution in [1.82, 2.24) is 0 Å². The van der Waals surface area contributed by atoms with Gasteiger partial charge in [0.25, 0.3) is 0 Å². The first-order valence-electron chi connectivity index (χ1n) is 8.25. The number of benzene rings is 1. The number of nitrogens with zero attached hydrogens (tertiary/aromatic N) is 3. The van der Waals surface area contributed by atoms with Gasteiger partial charge in [-0.05, 0) is 47.9 Å². The topological polar surface area (TPSA) is 95.2 Å². The standard InChI is InChI=1S/C20H17ClN4/c1-12-5-6-15-16(7-12)18(13-3-2-4-14(21)8-13)20(10-23,11-24)19(25)17(15)9-22/h2-4,6,8,12,16-18,25H,5,7H2,1H3/t12-,16-,17?,18-/m0/s1. The Kier molecular flexibility index (Phi) is 4.38. The highest BCUT2D eigenvalue weighted by Gasteiger charge is 2.57. The minimum atomic E-state index is -1.65. The van der Waals surface area contributed by atoms with Crippen LogP contribution in [0, 0.1) is 62.6 Å². The second kappa shape index (κ2) is 6.36. The number of hydrogen-bond donors (Lipinski definition) is 1. The number of nitriles is 3. The molecule has 0 aromatic heterocycles. The third-order valence-electron chi connectivity index (χ3n) is 5.45.